The molecule has 0 aromatic carbocycles. The molecule has 0 N–H and O–H groups in total. The van der Waals surface area contributed by atoms with Crippen LogP contribution in [0, 0.1) is 0 Å². The fourth-order valence-corrected chi connectivity index (χ4v) is 0.762. The van der Waals surface area contributed by atoms with E-state index < -0.39 is 5.85 Å². The molecule has 0 radical (unpaired) electrons. The van der Waals surface area contributed by atoms with Crippen molar-refractivity contribution in [3.05, 3.63) is 11.8 Å². The first-order valence-corrected chi connectivity index (χ1v) is 3.12. The van der Waals surface area contributed by atoms with Crippen molar-refractivity contribution >= 4 is 0 Å². The summed E-state index contributed by atoms with van der Waals surface area (Å²) < 4.78 is 17.5. The second kappa shape index (κ2) is 2.01. The molecule has 1 atom stereocenters. The Balaban J connectivity index is 2.56. The largest absolute Gasteiger partial charge is 0.466 e. The molecule has 1 rings (SSSR count). The highest BCUT2D eigenvalue weighted by atomic mass is 19.2. The van der Waals surface area contributed by atoms with Crippen molar-refractivity contribution in [2.75, 3.05) is 0 Å². The fraction of sp³-hybridized carbons (Fsp3) is 0.714. The molecule has 52 valence electrons. The molecule has 1 aliphatic heterocycles. The van der Waals surface area contributed by atoms with Gasteiger partial charge in [-0.25, -0.2) is 0 Å². The van der Waals surface area contributed by atoms with Crippen LogP contribution in [0.3, 0.4) is 0 Å². The van der Waals surface area contributed by atoms with Crippen LogP contribution >= 0.6 is 0 Å². The summed E-state index contributed by atoms with van der Waals surface area (Å²) in [5, 5.41) is 0. The van der Waals surface area contributed by atoms with Crippen molar-refractivity contribution in [3.63, 3.8) is 0 Å². The molecule has 9 heavy (non-hydrogen) atoms. The summed E-state index contributed by atoms with van der Waals surface area (Å²) in [5.41, 5.74) is 1.12. The third-order valence-electron chi connectivity index (χ3n) is 1.47. The normalized spacial score (nSPS) is 35.2. The summed E-state index contributed by atoms with van der Waals surface area (Å²) >= 11 is 0. The summed E-state index contributed by atoms with van der Waals surface area (Å²) in [5.74, 6) is -1.42. The molecule has 0 aromatic rings. The highest BCUT2D eigenvalue weighted by Crippen LogP contribution is 2.27. The van der Waals surface area contributed by atoms with Crippen LogP contribution in [-0.2, 0) is 4.74 Å². The zero-order valence-corrected chi connectivity index (χ0v) is 5.78. The topological polar surface area (TPSA) is 9.23 Å². The van der Waals surface area contributed by atoms with Gasteiger partial charge in [0.2, 0.25) is 5.85 Å². The Bertz CT molecular complexity index is 138. The second-order valence-corrected chi connectivity index (χ2v) is 2.68. The van der Waals surface area contributed by atoms with Crippen LogP contribution in [0.5, 0.6) is 0 Å². The molecule has 0 amide bonds. The third kappa shape index (κ3) is 1.70. The van der Waals surface area contributed by atoms with Gasteiger partial charge in [0.1, 0.15) is 0 Å². The van der Waals surface area contributed by atoms with E-state index in [0.29, 0.717) is 6.42 Å². The Morgan fingerprint density at radius 3 is 2.78 bits per heavy atom. The summed E-state index contributed by atoms with van der Waals surface area (Å²) in [6.45, 7) is 3.39. The number of halogens is 1. The molecule has 1 aliphatic rings. The van der Waals surface area contributed by atoms with E-state index in [0.717, 1.165) is 12.0 Å². The van der Waals surface area contributed by atoms with Crippen molar-refractivity contribution in [1.29, 1.82) is 0 Å². The lowest BCUT2D eigenvalue weighted by Gasteiger charge is -2.24. The van der Waals surface area contributed by atoms with E-state index in [9.17, 15) is 4.39 Å². The molecule has 1 heterocycles. The lowest BCUT2D eigenvalue weighted by Crippen LogP contribution is -2.22. The average Bonchev–Trinajstić information content (AvgIpc) is 1.78. The van der Waals surface area contributed by atoms with Crippen molar-refractivity contribution in [1.82, 2.24) is 0 Å². The maximum Gasteiger partial charge on any atom is 0.245 e. The predicted molar refractivity (Wildman–Crippen MR) is 33.6 cm³/mol. The van der Waals surface area contributed by atoms with E-state index in [1.54, 1.807) is 0 Å². The number of hydrogen-bond donors (Lipinski definition) is 0. The van der Waals surface area contributed by atoms with E-state index in [4.69, 9.17) is 4.74 Å². The quantitative estimate of drug-likeness (QED) is 0.489. The van der Waals surface area contributed by atoms with E-state index in [1.807, 2.05) is 6.92 Å². The minimum Gasteiger partial charge on any atom is -0.466 e. The molecule has 0 spiro atoms. The summed E-state index contributed by atoms with van der Waals surface area (Å²) in [4.78, 5) is 0. The first-order chi connectivity index (χ1) is 4.10. The van der Waals surface area contributed by atoms with Crippen LogP contribution in [-0.4, -0.2) is 5.85 Å². The number of allylic oxidation sites excluding steroid dienone is 1. The zero-order chi connectivity index (χ0) is 6.91. The van der Waals surface area contributed by atoms with E-state index >= 15 is 0 Å². The van der Waals surface area contributed by atoms with E-state index in [1.165, 1.54) is 13.2 Å². The van der Waals surface area contributed by atoms with Gasteiger partial charge in [-0.15, -0.1) is 0 Å². The van der Waals surface area contributed by atoms with Gasteiger partial charge in [0, 0.05) is 13.3 Å². The van der Waals surface area contributed by atoms with Gasteiger partial charge in [-0.1, -0.05) is 0 Å². The van der Waals surface area contributed by atoms with Gasteiger partial charge in [-0.05, 0) is 18.9 Å². The smallest absolute Gasteiger partial charge is 0.245 e. The van der Waals surface area contributed by atoms with Crippen LogP contribution in [0.15, 0.2) is 11.8 Å². The highest BCUT2D eigenvalue weighted by Gasteiger charge is 2.25. The Morgan fingerprint density at radius 1 is 1.78 bits per heavy atom. The van der Waals surface area contributed by atoms with Gasteiger partial charge in [-0.2, -0.15) is 4.39 Å². The average molecular weight is 130 g/mol. The Morgan fingerprint density at radius 2 is 2.44 bits per heavy atom. The van der Waals surface area contributed by atoms with Crippen LogP contribution in [0.4, 0.5) is 4.39 Å². The number of alkyl halides is 1. The third-order valence-corrected chi connectivity index (χ3v) is 1.47. The molecule has 0 aliphatic carbocycles. The number of ether oxygens (including phenoxy) is 1. The van der Waals surface area contributed by atoms with Crippen LogP contribution in [0.1, 0.15) is 26.7 Å². The van der Waals surface area contributed by atoms with Gasteiger partial charge in [0.05, 0.1) is 6.26 Å². The first-order valence-electron chi connectivity index (χ1n) is 3.12. The predicted octanol–water partition coefficient (Wildman–Crippen LogP) is 2.39. The van der Waals surface area contributed by atoms with Crippen LogP contribution in [0.25, 0.3) is 0 Å². The van der Waals surface area contributed by atoms with Crippen molar-refractivity contribution in [2.24, 2.45) is 0 Å². The monoisotopic (exact) mass is 130 g/mol. The Labute approximate surface area is 54.5 Å². The zero-order valence-electron chi connectivity index (χ0n) is 5.78. The molecular formula is C7H11FO. The molecule has 0 saturated heterocycles. The highest BCUT2D eigenvalue weighted by molar-refractivity contribution is 4.98. The van der Waals surface area contributed by atoms with E-state index in [2.05, 4.69) is 0 Å². The molecule has 0 bridgehead atoms. The molecule has 2 heteroatoms. The maximum atomic E-state index is 12.8. The number of hydrogen-bond acceptors (Lipinski definition) is 1. The molecule has 0 aromatic heterocycles. The molecule has 0 fully saturated rings. The van der Waals surface area contributed by atoms with Gasteiger partial charge >= 0.3 is 0 Å². The summed E-state index contributed by atoms with van der Waals surface area (Å²) in [6, 6.07) is 0. The fourth-order valence-electron chi connectivity index (χ4n) is 0.762. The second-order valence-electron chi connectivity index (χ2n) is 2.68. The van der Waals surface area contributed by atoms with Gasteiger partial charge in [0.15, 0.2) is 0 Å². The Kier molecular flexibility index (Phi) is 1.47. The van der Waals surface area contributed by atoms with Crippen LogP contribution < -0.4 is 0 Å². The maximum absolute atomic E-state index is 12.8. The minimum absolute atomic E-state index is 0.481. The van der Waals surface area contributed by atoms with Crippen molar-refractivity contribution in [3.8, 4) is 0 Å². The summed E-state index contributed by atoms with van der Waals surface area (Å²) in [6.07, 6.45) is 2.80. The number of rotatable bonds is 0. The van der Waals surface area contributed by atoms with Crippen molar-refractivity contribution < 1.29 is 9.13 Å². The van der Waals surface area contributed by atoms with Gasteiger partial charge < -0.3 is 4.74 Å². The molecular weight excluding hydrogens is 119 g/mol. The van der Waals surface area contributed by atoms with Gasteiger partial charge in [0.25, 0.3) is 0 Å². The molecule has 1 unspecified atom stereocenters. The van der Waals surface area contributed by atoms with Crippen LogP contribution in [0.2, 0.25) is 0 Å². The lowest BCUT2D eigenvalue weighted by atomic mass is 10.1. The lowest BCUT2D eigenvalue weighted by molar-refractivity contribution is -0.0960. The minimum atomic E-state index is -1.42. The van der Waals surface area contributed by atoms with Gasteiger partial charge in [-0.3, -0.25) is 0 Å². The van der Waals surface area contributed by atoms with Crippen molar-refractivity contribution in [2.45, 2.75) is 32.5 Å². The first kappa shape index (κ1) is 6.59. The standard InChI is InChI=1S/C7H11FO/c1-6-3-4-7(2,8)9-5-6/h5H,3-4H2,1-2H3. The molecule has 1 nitrogen and oxygen atoms in total. The van der Waals surface area contributed by atoms with E-state index in [-0.39, 0.29) is 0 Å². The summed E-state index contributed by atoms with van der Waals surface area (Å²) in [7, 11) is 0. The molecule has 0 saturated carbocycles. The Hall–Kier alpha value is -0.530. The SMILES string of the molecule is CC1=COC(C)(F)CC1.